The number of rotatable bonds is 3. The monoisotopic (exact) mass is 236 g/mol. The van der Waals surface area contributed by atoms with Crippen LogP contribution in [0.1, 0.15) is 19.8 Å². The van der Waals surface area contributed by atoms with E-state index in [0.717, 1.165) is 25.5 Å². The van der Waals surface area contributed by atoms with Crippen LogP contribution in [0.25, 0.3) is 0 Å². The van der Waals surface area contributed by atoms with Crippen LogP contribution in [0.4, 0.5) is 5.95 Å². The Kier molecular flexibility index (Phi) is 3.78. The number of nitrogens with zero attached hydrogens (tertiary/aromatic N) is 3. The number of anilines is 1. The van der Waals surface area contributed by atoms with Crippen LogP contribution in [0.3, 0.4) is 0 Å². The van der Waals surface area contributed by atoms with E-state index in [-0.39, 0.29) is 0 Å². The van der Waals surface area contributed by atoms with Crippen LogP contribution in [-0.4, -0.2) is 36.2 Å². The molecule has 0 spiro atoms. The van der Waals surface area contributed by atoms with E-state index in [9.17, 15) is 0 Å². The van der Waals surface area contributed by atoms with E-state index in [1.165, 1.54) is 6.42 Å². The van der Waals surface area contributed by atoms with Crippen molar-refractivity contribution >= 4 is 5.95 Å². The molecule has 17 heavy (non-hydrogen) atoms. The summed E-state index contributed by atoms with van der Waals surface area (Å²) in [6.07, 6.45) is 4.07. The summed E-state index contributed by atoms with van der Waals surface area (Å²) in [6, 6.07) is 2.23. The van der Waals surface area contributed by atoms with E-state index < -0.39 is 0 Å². The Morgan fingerprint density at radius 1 is 1.53 bits per heavy atom. The number of hydrogen-bond acceptors (Lipinski definition) is 5. The van der Waals surface area contributed by atoms with Crippen LogP contribution < -0.4 is 15.4 Å². The molecule has 1 saturated heterocycles. The second-order valence-corrected chi connectivity index (χ2v) is 4.58. The molecule has 0 radical (unpaired) electrons. The summed E-state index contributed by atoms with van der Waals surface area (Å²) in [7, 11) is 1.62. The lowest BCUT2D eigenvalue weighted by molar-refractivity contribution is 0.364. The Bertz CT molecular complexity index is 371. The van der Waals surface area contributed by atoms with Crippen LogP contribution >= 0.6 is 0 Å². The van der Waals surface area contributed by atoms with Crippen molar-refractivity contribution < 1.29 is 4.74 Å². The zero-order valence-electron chi connectivity index (χ0n) is 10.5. The molecule has 2 N–H and O–H groups in total. The number of piperidine rings is 1. The normalized spacial score (nSPS) is 24.8. The third-order valence-electron chi connectivity index (χ3n) is 3.40. The molecule has 2 rings (SSSR count). The second-order valence-electron chi connectivity index (χ2n) is 4.58. The summed E-state index contributed by atoms with van der Waals surface area (Å²) < 4.78 is 5.13. The summed E-state index contributed by atoms with van der Waals surface area (Å²) in [5.74, 6) is 1.90. The average Bonchev–Trinajstić information content (AvgIpc) is 2.39. The third kappa shape index (κ3) is 2.66. The molecular formula is C12H20N4O. The summed E-state index contributed by atoms with van der Waals surface area (Å²) in [5.41, 5.74) is 5.75. The Hall–Kier alpha value is -1.36. The first-order valence-corrected chi connectivity index (χ1v) is 6.08. The zero-order valence-corrected chi connectivity index (χ0v) is 10.5. The quantitative estimate of drug-likeness (QED) is 0.849. The number of methoxy groups -OCH3 is 1. The molecule has 0 bridgehead atoms. The molecule has 0 aliphatic carbocycles. The van der Waals surface area contributed by atoms with Gasteiger partial charge in [0.15, 0.2) is 0 Å². The van der Waals surface area contributed by atoms with Gasteiger partial charge in [-0.15, -0.1) is 0 Å². The molecule has 2 atom stereocenters. The van der Waals surface area contributed by atoms with Gasteiger partial charge in [0.2, 0.25) is 11.8 Å². The molecule has 1 aromatic heterocycles. The molecule has 0 saturated carbocycles. The Balaban J connectivity index is 2.18. The van der Waals surface area contributed by atoms with Crippen molar-refractivity contribution in [2.24, 2.45) is 11.7 Å². The minimum atomic E-state index is 0.463. The molecule has 0 aromatic carbocycles. The van der Waals surface area contributed by atoms with Gasteiger partial charge in [0.25, 0.3) is 0 Å². The lowest BCUT2D eigenvalue weighted by Crippen LogP contribution is -2.44. The number of ether oxygens (including phenoxy) is 1. The molecule has 1 aliphatic rings. The van der Waals surface area contributed by atoms with Crippen LogP contribution in [0.2, 0.25) is 0 Å². The van der Waals surface area contributed by atoms with Crippen LogP contribution in [0.5, 0.6) is 5.88 Å². The highest BCUT2D eigenvalue weighted by atomic mass is 16.5. The molecule has 2 heterocycles. The van der Waals surface area contributed by atoms with Crippen LogP contribution in [-0.2, 0) is 0 Å². The van der Waals surface area contributed by atoms with Gasteiger partial charge >= 0.3 is 0 Å². The molecule has 1 fully saturated rings. The van der Waals surface area contributed by atoms with E-state index in [0.29, 0.717) is 17.8 Å². The predicted molar refractivity (Wildman–Crippen MR) is 67.2 cm³/mol. The highest BCUT2D eigenvalue weighted by Crippen LogP contribution is 2.25. The average molecular weight is 236 g/mol. The summed E-state index contributed by atoms with van der Waals surface area (Å²) >= 11 is 0. The maximum Gasteiger partial charge on any atom is 0.228 e. The van der Waals surface area contributed by atoms with Gasteiger partial charge < -0.3 is 15.4 Å². The number of hydrogen-bond donors (Lipinski definition) is 1. The van der Waals surface area contributed by atoms with Crippen molar-refractivity contribution in [2.75, 3.05) is 25.1 Å². The van der Waals surface area contributed by atoms with Crippen LogP contribution in [0, 0.1) is 5.92 Å². The van der Waals surface area contributed by atoms with Crippen LogP contribution in [0.15, 0.2) is 12.3 Å². The standard InChI is InChI=1S/C12H20N4O/c1-9-3-4-10(7-13)8-16(9)12-14-6-5-11(15-12)17-2/h5-6,9-10H,3-4,7-8,13H2,1-2H3. The molecule has 5 nitrogen and oxygen atoms in total. The summed E-state index contributed by atoms with van der Waals surface area (Å²) in [4.78, 5) is 10.9. The minimum Gasteiger partial charge on any atom is -0.481 e. The summed E-state index contributed by atoms with van der Waals surface area (Å²) in [6.45, 7) is 3.87. The SMILES string of the molecule is COc1ccnc(N2CC(CN)CCC2C)n1. The number of aromatic nitrogens is 2. The lowest BCUT2D eigenvalue weighted by Gasteiger charge is -2.37. The van der Waals surface area contributed by atoms with Crippen molar-refractivity contribution in [2.45, 2.75) is 25.8 Å². The number of nitrogens with two attached hydrogens (primary N) is 1. The second kappa shape index (κ2) is 5.31. The minimum absolute atomic E-state index is 0.463. The maximum absolute atomic E-state index is 5.75. The first kappa shape index (κ1) is 12.1. The highest BCUT2D eigenvalue weighted by molar-refractivity contribution is 5.34. The molecule has 94 valence electrons. The van der Waals surface area contributed by atoms with Crippen molar-refractivity contribution in [3.63, 3.8) is 0 Å². The van der Waals surface area contributed by atoms with Gasteiger partial charge in [-0.25, -0.2) is 4.98 Å². The van der Waals surface area contributed by atoms with Crippen molar-refractivity contribution in [1.82, 2.24) is 9.97 Å². The van der Waals surface area contributed by atoms with E-state index in [1.54, 1.807) is 19.4 Å². The van der Waals surface area contributed by atoms with Gasteiger partial charge in [-0.2, -0.15) is 4.98 Å². The Morgan fingerprint density at radius 3 is 3.06 bits per heavy atom. The zero-order chi connectivity index (χ0) is 12.3. The van der Waals surface area contributed by atoms with E-state index in [2.05, 4.69) is 21.8 Å². The fourth-order valence-electron chi connectivity index (χ4n) is 2.24. The first-order valence-electron chi connectivity index (χ1n) is 6.08. The van der Waals surface area contributed by atoms with E-state index in [1.807, 2.05) is 0 Å². The van der Waals surface area contributed by atoms with E-state index >= 15 is 0 Å². The molecule has 0 amide bonds. The molecule has 2 unspecified atom stereocenters. The highest BCUT2D eigenvalue weighted by Gasteiger charge is 2.26. The smallest absolute Gasteiger partial charge is 0.228 e. The molecule has 5 heteroatoms. The van der Waals surface area contributed by atoms with Gasteiger partial charge in [-0.05, 0) is 32.2 Å². The van der Waals surface area contributed by atoms with Crippen molar-refractivity contribution in [1.29, 1.82) is 0 Å². The Morgan fingerprint density at radius 2 is 2.35 bits per heavy atom. The van der Waals surface area contributed by atoms with Crippen molar-refractivity contribution in [3.8, 4) is 5.88 Å². The van der Waals surface area contributed by atoms with Gasteiger partial charge in [0, 0.05) is 24.8 Å². The third-order valence-corrected chi connectivity index (χ3v) is 3.40. The topological polar surface area (TPSA) is 64.3 Å². The fourth-order valence-corrected chi connectivity index (χ4v) is 2.24. The van der Waals surface area contributed by atoms with Gasteiger partial charge in [0.1, 0.15) is 0 Å². The van der Waals surface area contributed by atoms with Gasteiger partial charge in [0.05, 0.1) is 7.11 Å². The Labute approximate surface area is 102 Å². The molecule has 1 aliphatic heterocycles. The van der Waals surface area contributed by atoms with Gasteiger partial charge in [-0.3, -0.25) is 0 Å². The fraction of sp³-hybridized carbons (Fsp3) is 0.667. The lowest BCUT2D eigenvalue weighted by atomic mass is 9.94. The first-order chi connectivity index (χ1) is 8.24. The van der Waals surface area contributed by atoms with Gasteiger partial charge in [-0.1, -0.05) is 0 Å². The molecule has 1 aromatic rings. The molecular weight excluding hydrogens is 216 g/mol. The van der Waals surface area contributed by atoms with Crippen molar-refractivity contribution in [3.05, 3.63) is 12.3 Å². The maximum atomic E-state index is 5.75. The predicted octanol–water partition coefficient (Wildman–Crippen LogP) is 1.05. The summed E-state index contributed by atoms with van der Waals surface area (Å²) in [5, 5.41) is 0. The van der Waals surface area contributed by atoms with E-state index in [4.69, 9.17) is 10.5 Å². The largest absolute Gasteiger partial charge is 0.481 e.